The first-order chi connectivity index (χ1) is 12.0. The van der Waals surface area contributed by atoms with Crippen molar-refractivity contribution in [2.24, 2.45) is 12.8 Å². The molecule has 1 aliphatic heterocycles. The van der Waals surface area contributed by atoms with Crippen molar-refractivity contribution in [2.75, 3.05) is 0 Å². The summed E-state index contributed by atoms with van der Waals surface area (Å²) in [6.07, 6.45) is 1.89. The van der Waals surface area contributed by atoms with Gasteiger partial charge in [-0.2, -0.15) is 5.26 Å². The summed E-state index contributed by atoms with van der Waals surface area (Å²) in [7, 11) is 1.91. The second-order valence-corrected chi connectivity index (χ2v) is 5.94. The standard InChI is InChI=1S/C19H13F2N3O/c1-24-7-6-11-16(24)5-3-12-17(10-2-4-14(20)15(21)8-10)13(9-22)19(23)25-18(11)12/h2-8,17H,23H2,1H3. The zero-order chi connectivity index (χ0) is 17.7. The van der Waals surface area contributed by atoms with E-state index < -0.39 is 17.6 Å². The molecular formula is C19H13F2N3O. The molecule has 124 valence electrons. The van der Waals surface area contributed by atoms with Gasteiger partial charge in [-0.25, -0.2) is 8.78 Å². The van der Waals surface area contributed by atoms with Crippen LogP contribution < -0.4 is 10.5 Å². The van der Waals surface area contributed by atoms with Crippen LogP contribution in [0.3, 0.4) is 0 Å². The topological polar surface area (TPSA) is 64.0 Å². The van der Waals surface area contributed by atoms with E-state index in [0.717, 1.165) is 23.0 Å². The monoisotopic (exact) mass is 337 g/mol. The van der Waals surface area contributed by atoms with E-state index >= 15 is 0 Å². The van der Waals surface area contributed by atoms with Crippen LogP contribution in [0.1, 0.15) is 17.0 Å². The summed E-state index contributed by atoms with van der Waals surface area (Å²) in [6, 6.07) is 11.3. The van der Waals surface area contributed by atoms with Crippen molar-refractivity contribution in [1.29, 1.82) is 5.26 Å². The summed E-state index contributed by atoms with van der Waals surface area (Å²) in [5.41, 5.74) is 8.21. The van der Waals surface area contributed by atoms with Crippen LogP contribution >= 0.6 is 0 Å². The van der Waals surface area contributed by atoms with Crippen LogP contribution in [0, 0.1) is 23.0 Å². The predicted octanol–water partition coefficient (Wildman–Crippen LogP) is 3.67. The van der Waals surface area contributed by atoms with Crippen LogP contribution in [-0.4, -0.2) is 4.57 Å². The van der Waals surface area contributed by atoms with Gasteiger partial charge in [-0.1, -0.05) is 12.1 Å². The van der Waals surface area contributed by atoms with Crippen molar-refractivity contribution in [3.63, 3.8) is 0 Å². The number of aromatic nitrogens is 1. The molecule has 2 N–H and O–H groups in total. The third-order valence-corrected chi connectivity index (χ3v) is 4.52. The predicted molar refractivity (Wildman–Crippen MR) is 88.6 cm³/mol. The zero-order valence-corrected chi connectivity index (χ0v) is 13.3. The molecule has 25 heavy (non-hydrogen) atoms. The van der Waals surface area contributed by atoms with Gasteiger partial charge in [0, 0.05) is 24.2 Å². The van der Waals surface area contributed by atoms with Gasteiger partial charge in [0.25, 0.3) is 0 Å². The Labute approximate surface area is 142 Å². The number of nitrogens with two attached hydrogens (primary N) is 1. The number of fused-ring (bicyclic) bond motifs is 3. The number of rotatable bonds is 1. The minimum atomic E-state index is -0.970. The van der Waals surface area contributed by atoms with E-state index in [1.807, 2.05) is 42.1 Å². The molecular weight excluding hydrogens is 324 g/mol. The number of halogens is 2. The van der Waals surface area contributed by atoms with Crippen LogP contribution in [0.4, 0.5) is 8.78 Å². The van der Waals surface area contributed by atoms with Gasteiger partial charge >= 0.3 is 0 Å². The molecule has 1 unspecified atom stereocenters. The lowest BCUT2D eigenvalue weighted by molar-refractivity contribution is 0.398. The third-order valence-electron chi connectivity index (χ3n) is 4.52. The third kappa shape index (κ3) is 2.17. The van der Waals surface area contributed by atoms with Crippen LogP contribution in [-0.2, 0) is 7.05 Å². The first kappa shape index (κ1) is 15.2. The van der Waals surface area contributed by atoms with Crippen LogP contribution in [0.5, 0.6) is 5.75 Å². The molecule has 2 aromatic carbocycles. The van der Waals surface area contributed by atoms with E-state index in [9.17, 15) is 14.0 Å². The number of nitrogens with zero attached hydrogens (tertiary/aromatic N) is 2. The summed E-state index contributed by atoms with van der Waals surface area (Å²) in [5.74, 6) is -2.02. The largest absolute Gasteiger partial charge is 0.439 e. The molecule has 6 heteroatoms. The molecule has 0 radical (unpaired) electrons. The van der Waals surface area contributed by atoms with Gasteiger partial charge in [-0.15, -0.1) is 0 Å². The molecule has 0 fully saturated rings. The van der Waals surface area contributed by atoms with Gasteiger partial charge in [0.1, 0.15) is 17.4 Å². The smallest absolute Gasteiger partial charge is 0.205 e. The Hall–Kier alpha value is -3.33. The van der Waals surface area contributed by atoms with Crippen LogP contribution in [0.25, 0.3) is 10.9 Å². The number of allylic oxidation sites excluding steroid dienone is 1. The molecule has 4 nitrogen and oxygen atoms in total. The molecule has 2 heterocycles. The van der Waals surface area contributed by atoms with Gasteiger partial charge in [0.05, 0.1) is 11.4 Å². The second kappa shape index (κ2) is 5.35. The first-order valence-corrected chi connectivity index (χ1v) is 7.61. The fourth-order valence-corrected chi connectivity index (χ4v) is 3.30. The summed E-state index contributed by atoms with van der Waals surface area (Å²) in [4.78, 5) is 0. The van der Waals surface area contributed by atoms with Gasteiger partial charge < -0.3 is 15.0 Å². The van der Waals surface area contributed by atoms with E-state index in [-0.39, 0.29) is 11.5 Å². The highest BCUT2D eigenvalue weighted by Gasteiger charge is 2.32. The highest BCUT2D eigenvalue weighted by molar-refractivity contribution is 5.89. The highest BCUT2D eigenvalue weighted by Crippen LogP contribution is 2.45. The van der Waals surface area contributed by atoms with E-state index in [4.69, 9.17) is 10.5 Å². The van der Waals surface area contributed by atoms with Crippen molar-refractivity contribution < 1.29 is 13.5 Å². The Morgan fingerprint density at radius 3 is 2.68 bits per heavy atom. The zero-order valence-electron chi connectivity index (χ0n) is 13.3. The molecule has 4 rings (SSSR count). The van der Waals surface area contributed by atoms with Crippen molar-refractivity contribution in [2.45, 2.75) is 5.92 Å². The Kier molecular flexibility index (Phi) is 3.25. The Morgan fingerprint density at radius 2 is 1.96 bits per heavy atom. The lowest BCUT2D eigenvalue weighted by Gasteiger charge is -2.27. The normalized spacial score (nSPS) is 16.5. The highest BCUT2D eigenvalue weighted by atomic mass is 19.2. The maximum atomic E-state index is 13.8. The quantitative estimate of drug-likeness (QED) is 0.737. The number of aryl methyl sites for hydroxylation is 1. The second-order valence-electron chi connectivity index (χ2n) is 5.94. The average molecular weight is 337 g/mol. The number of ether oxygens (including phenoxy) is 1. The summed E-state index contributed by atoms with van der Waals surface area (Å²) in [5, 5.41) is 10.4. The number of hydrogen-bond acceptors (Lipinski definition) is 3. The maximum absolute atomic E-state index is 13.8. The lowest BCUT2D eigenvalue weighted by Crippen LogP contribution is -2.21. The Morgan fingerprint density at radius 1 is 1.16 bits per heavy atom. The first-order valence-electron chi connectivity index (χ1n) is 7.61. The molecule has 1 aliphatic rings. The SMILES string of the molecule is Cn1ccc2c3c(ccc21)C(c1ccc(F)c(F)c1)C(C#N)=C(N)O3. The molecule has 0 aliphatic carbocycles. The van der Waals surface area contributed by atoms with Crippen molar-refractivity contribution >= 4 is 10.9 Å². The molecule has 0 saturated carbocycles. The molecule has 0 amide bonds. The molecule has 0 spiro atoms. The molecule has 1 aromatic heterocycles. The van der Waals surface area contributed by atoms with Crippen LogP contribution in [0.2, 0.25) is 0 Å². The number of hydrogen-bond donors (Lipinski definition) is 1. The van der Waals surface area contributed by atoms with Crippen molar-refractivity contribution in [1.82, 2.24) is 4.57 Å². The molecule has 0 saturated heterocycles. The molecule has 1 atom stereocenters. The minimum Gasteiger partial charge on any atom is -0.439 e. The van der Waals surface area contributed by atoms with Gasteiger partial charge in [0.2, 0.25) is 5.88 Å². The number of benzene rings is 2. The summed E-state index contributed by atoms with van der Waals surface area (Å²) < 4.78 is 34.7. The van der Waals surface area contributed by atoms with E-state index in [1.54, 1.807) is 0 Å². The molecule has 3 aromatic rings. The molecule has 0 bridgehead atoms. The fraction of sp³-hybridized carbons (Fsp3) is 0.105. The lowest BCUT2D eigenvalue weighted by atomic mass is 9.83. The van der Waals surface area contributed by atoms with E-state index in [1.165, 1.54) is 6.07 Å². The van der Waals surface area contributed by atoms with Gasteiger partial charge in [-0.3, -0.25) is 0 Å². The van der Waals surface area contributed by atoms with Crippen molar-refractivity contribution in [3.05, 3.63) is 76.8 Å². The van der Waals surface area contributed by atoms with E-state index in [2.05, 4.69) is 0 Å². The Balaban J connectivity index is 2.01. The Bertz CT molecular complexity index is 1090. The van der Waals surface area contributed by atoms with Gasteiger partial charge in [0.15, 0.2) is 11.6 Å². The summed E-state index contributed by atoms with van der Waals surface area (Å²) in [6.45, 7) is 0. The van der Waals surface area contributed by atoms with Crippen LogP contribution in [0.15, 0.2) is 54.1 Å². The van der Waals surface area contributed by atoms with Crippen molar-refractivity contribution in [3.8, 4) is 11.8 Å². The minimum absolute atomic E-state index is 0.0268. The number of nitriles is 1. The average Bonchev–Trinajstić information content (AvgIpc) is 2.98. The fourth-order valence-electron chi connectivity index (χ4n) is 3.30. The summed E-state index contributed by atoms with van der Waals surface area (Å²) >= 11 is 0. The van der Waals surface area contributed by atoms with E-state index in [0.29, 0.717) is 16.9 Å². The van der Waals surface area contributed by atoms with Gasteiger partial charge in [-0.05, 0) is 29.8 Å². The maximum Gasteiger partial charge on any atom is 0.205 e.